The number of Topliss-reactive ketones (excluding diaryl/α,β-unsaturated/α-hetero) is 1. The number of benzene rings is 1. The summed E-state index contributed by atoms with van der Waals surface area (Å²) in [7, 11) is 0. The summed E-state index contributed by atoms with van der Waals surface area (Å²) in [6.07, 6.45) is -0.746. The van der Waals surface area contributed by atoms with Gasteiger partial charge in [-0.05, 0) is 18.6 Å². The topological polar surface area (TPSA) is 125 Å². The first-order chi connectivity index (χ1) is 13.2. The Bertz CT molecular complexity index is 721. The number of carbonyl (C=O) groups is 4. The van der Waals surface area contributed by atoms with Crippen molar-refractivity contribution in [1.29, 1.82) is 0 Å². The lowest BCUT2D eigenvalue weighted by Gasteiger charge is -2.15. The van der Waals surface area contributed by atoms with Gasteiger partial charge in [0, 0.05) is 5.69 Å². The average Bonchev–Trinajstić information content (AvgIpc) is 2.67. The molecule has 0 bridgehead atoms. The second kappa shape index (κ2) is 13.0. The van der Waals surface area contributed by atoms with E-state index in [0.717, 1.165) is 5.56 Å². The standard InChI is InChI=1S/C17H20FN3O5.C2H6/c1-10-5-3-4-6-12(10)20-11(2)17(26)19-9-15(23)21-13(7-16(24)25)14(22)8-18;1-2/h3-6,13,20H,2,7-9H2,1H3,(H,19,26)(H,21,23)(H,24,25);1-2H3. The minimum atomic E-state index is -1.49. The van der Waals surface area contributed by atoms with Crippen LogP contribution in [0, 0.1) is 6.92 Å². The van der Waals surface area contributed by atoms with E-state index in [4.69, 9.17) is 5.11 Å². The molecule has 9 heteroatoms. The second-order valence-corrected chi connectivity index (χ2v) is 5.42. The van der Waals surface area contributed by atoms with Gasteiger partial charge in [0.1, 0.15) is 12.7 Å². The van der Waals surface area contributed by atoms with Crippen molar-refractivity contribution in [3.05, 3.63) is 42.1 Å². The molecule has 0 saturated carbocycles. The molecule has 8 nitrogen and oxygen atoms in total. The lowest BCUT2D eigenvalue weighted by atomic mass is 10.1. The molecule has 1 aromatic carbocycles. The number of para-hydroxylation sites is 1. The lowest BCUT2D eigenvalue weighted by Crippen LogP contribution is -2.47. The monoisotopic (exact) mass is 395 g/mol. The van der Waals surface area contributed by atoms with E-state index in [2.05, 4.69) is 22.5 Å². The molecule has 0 spiro atoms. The first kappa shape index (κ1) is 24.8. The third-order valence-electron chi connectivity index (χ3n) is 3.35. The molecule has 1 aromatic rings. The molecule has 154 valence electrons. The van der Waals surface area contributed by atoms with Crippen molar-refractivity contribution in [2.24, 2.45) is 0 Å². The number of carbonyl (C=O) groups excluding carboxylic acids is 3. The molecule has 0 heterocycles. The third kappa shape index (κ3) is 8.93. The van der Waals surface area contributed by atoms with Gasteiger partial charge in [-0.1, -0.05) is 38.6 Å². The Kier molecular flexibility index (Phi) is 11.5. The fourth-order valence-electron chi connectivity index (χ4n) is 1.96. The van der Waals surface area contributed by atoms with Crippen LogP contribution < -0.4 is 16.0 Å². The Balaban J connectivity index is 0.00000352. The van der Waals surface area contributed by atoms with Gasteiger partial charge in [-0.2, -0.15) is 0 Å². The Labute approximate surface area is 163 Å². The van der Waals surface area contributed by atoms with Gasteiger partial charge in [0.15, 0.2) is 5.78 Å². The molecule has 28 heavy (non-hydrogen) atoms. The van der Waals surface area contributed by atoms with Crippen molar-refractivity contribution in [3.63, 3.8) is 0 Å². The molecule has 0 aliphatic rings. The molecule has 4 N–H and O–H groups in total. The minimum Gasteiger partial charge on any atom is -0.481 e. The maximum Gasteiger partial charge on any atom is 0.305 e. The van der Waals surface area contributed by atoms with E-state index < -0.39 is 49.2 Å². The van der Waals surface area contributed by atoms with Crippen molar-refractivity contribution < 1.29 is 28.7 Å². The third-order valence-corrected chi connectivity index (χ3v) is 3.35. The maximum atomic E-state index is 12.4. The van der Waals surface area contributed by atoms with Crippen LogP contribution in [0.3, 0.4) is 0 Å². The molecule has 0 aliphatic heterocycles. The number of anilines is 1. The van der Waals surface area contributed by atoms with Crippen molar-refractivity contribution in [3.8, 4) is 0 Å². The van der Waals surface area contributed by atoms with E-state index in [9.17, 15) is 23.6 Å². The fraction of sp³-hybridized carbons (Fsp3) is 0.368. The summed E-state index contributed by atoms with van der Waals surface area (Å²) in [5, 5.41) is 15.8. The summed E-state index contributed by atoms with van der Waals surface area (Å²) >= 11 is 0. The highest BCUT2D eigenvalue weighted by Crippen LogP contribution is 2.14. The van der Waals surface area contributed by atoms with Gasteiger partial charge in [0.05, 0.1) is 18.7 Å². The van der Waals surface area contributed by atoms with Gasteiger partial charge >= 0.3 is 5.97 Å². The lowest BCUT2D eigenvalue weighted by molar-refractivity contribution is -0.140. The van der Waals surface area contributed by atoms with Crippen LogP contribution in [0.1, 0.15) is 25.8 Å². The highest BCUT2D eigenvalue weighted by molar-refractivity contribution is 5.98. The summed E-state index contributed by atoms with van der Waals surface area (Å²) in [5.74, 6) is -3.90. The zero-order valence-corrected chi connectivity index (χ0v) is 16.2. The van der Waals surface area contributed by atoms with Crippen LogP contribution in [0.25, 0.3) is 0 Å². The minimum absolute atomic E-state index is 0.00554. The van der Waals surface area contributed by atoms with Crippen LogP contribution in [0.4, 0.5) is 10.1 Å². The second-order valence-electron chi connectivity index (χ2n) is 5.42. The van der Waals surface area contributed by atoms with Crippen LogP contribution in [0.2, 0.25) is 0 Å². The Morgan fingerprint density at radius 3 is 2.32 bits per heavy atom. The van der Waals surface area contributed by atoms with Crippen LogP contribution in [0.5, 0.6) is 0 Å². The zero-order chi connectivity index (χ0) is 21.7. The number of amides is 2. The number of carboxylic acid groups (broad SMARTS) is 1. The highest BCUT2D eigenvalue weighted by atomic mass is 19.1. The Morgan fingerprint density at radius 2 is 1.79 bits per heavy atom. The molecular weight excluding hydrogens is 369 g/mol. The van der Waals surface area contributed by atoms with Crippen molar-refractivity contribution in [2.75, 3.05) is 18.5 Å². The van der Waals surface area contributed by atoms with E-state index in [1.165, 1.54) is 0 Å². The largest absolute Gasteiger partial charge is 0.481 e. The number of hydrogen-bond donors (Lipinski definition) is 4. The summed E-state index contributed by atoms with van der Waals surface area (Å²) < 4.78 is 12.4. The molecule has 1 rings (SSSR count). The number of aryl methyl sites for hydroxylation is 1. The van der Waals surface area contributed by atoms with Crippen molar-refractivity contribution >= 4 is 29.3 Å². The first-order valence-electron chi connectivity index (χ1n) is 8.64. The number of nitrogens with one attached hydrogen (secondary N) is 3. The number of ketones is 1. The number of alkyl halides is 1. The van der Waals surface area contributed by atoms with Gasteiger partial charge in [0.2, 0.25) is 5.91 Å². The van der Waals surface area contributed by atoms with Crippen LogP contribution in [-0.2, 0) is 19.2 Å². The number of carboxylic acids is 1. The molecule has 0 aliphatic carbocycles. The van der Waals surface area contributed by atoms with Crippen LogP contribution in [0.15, 0.2) is 36.5 Å². The summed E-state index contributed by atoms with van der Waals surface area (Å²) in [5.41, 5.74) is 1.56. The van der Waals surface area contributed by atoms with Crippen molar-refractivity contribution in [1.82, 2.24) is 10.6 Å². The van der Waals surface area contributed by atoms with Crippen LogP contribution >= 0.6 is 0 Å². The predicted octanol–water partition coefficient (Wildman–Crippen LogP) is 1.56. The van der Waals surface area contributed by atoms with E-state index in [-0.39, 0.29) is 5.70 Å². The zero-order valence-electron chi connectivity index (χ0n) is 16.2. The maximum absolute atomic E-state index is 12.4. The molecule has 0 aromatic heterocycles. The molecule has 0 saturated heterocycles. The predicted molar refractivity (Wildman–Crippen MR) is 103 cm³/mol. The first-order valence-corrected chi connectivity index (χ1v) is 8.64. The molecule has 0 radical (unpaired) electrons. The Morgan fingerprint density at radius 1 is 1.18 bits per heavy atom. The number of aliphatic carboxylic acids is 1. The average molecular weight is 395 g/mol. The van der Waals surface area contributed by atoms with E-state index >= 15 is 0 Å². The summed E-state index contributed by atoms with van der Waals surface area (Å²) in [4.78, 5) is 45.6. The van der Waals surface area contributed by atoms with Gasteiger partial charge in [-0.15, -0.1) is 0 Å². The van der Waals surface area contributed by atoms with E-state index in [0.29, 0.717) is 5.69 Å². The van der Waals surface area contributed by atoms with Gasteiger partial charge in [-0.25, -0.2) is 4.39 Å². The van der Waals surface area contributed by atoms with Gasteiger partial charge in [0.25, 0.3) is 5.91 Å². The molecule has 2 amide bonds. The highest BCUT2D eigenvalue weighted by Gasteiger charge is 2.23. The van der Waals surface area contributed by atoms with E-state index in [1.807, 2.05) is 32.9 Å². The summed E-state index contributed by atoms with van der Waals surface area (Å²) in [6, 6.07) is 5.71. The molecular formula is C19H26FN3O5. The van der Waals surface area contributed by atoms with E-state index in [1.54, 1.807) is 12.1 Å². The number of rotatable bonds is 10. The number of hydrogen-bond acceptors (Lipinski definition) is 5. The van der Waals surface area contributed by atoms with Gasteiger partial charge < -0.3 is 21.1 Å². The quantitative estimate of drug-likeness (QED) is 0.446. The Hall–Kier alpha value is -3.23. The summed E-state index contributed by atoms with van der Waals surface area (Å²) in [6.45, 7) is 7.49. The van der Waals surface area contributed by atoms with Crippen LogP contribution in [-0.4, -0.2) is 47.9 Å². The molecule has 0 fully saturated rings. The smallest absolute Gasteiger partial charge is 0.305 e. The van der Waals surface area contributed by atoms with Gasteiger partial charge in [-0.3, -0.25) is 19.2 Å². The van der Waals surface area contributed by atoms with Crippen molar-refractivity contribution in [2.45, 2.75) is 33.2 Å². The fourth-order valence-corrected chi connectivity index (χ4v) is 1.96. The molecule has 1 atom stereocenters. The SMILES string of the molecule is C=C(Nc1ccccc1C)C(=O)NCC(=O)NC(CC(=O)O)C(=O)CF.CC. The number of halogens is 1. The molecule has 1 unspecified atom stereocenters. The normalized spacial score (nSPS) is 10.6.